The SMILES string of the molecule is COc1nc2ccccc2cc1-c1cnc(CCCCCCC(C)(O)c2ncco2)[nH]1. The van der Waals surface area contributed by atoms with Crippen LogP contribution in [-0.2, 0) is 12.0 Å². The number of aromatic nitrogens is 4. The summed E-state index contributed by atoms with van der Waals surface area (Å²) >= 11 is 0. The minimum atomic E-state index is -1.01. The third kappa shape index (κ3) is 4.94. The van der Waals surface area contributed by atoms with Gasteiger partial charge in [0, 0.05) is 11.8 Å². The fourth-order valence-electron chi connectivity index (χ4n) is 3.78. The van der Waals surface area contributed by atoms with Crippen LogP contribution in [0, 0.1) is 0 Å². The topological polar surface area (TPSA) is 97.1 Å². The predicted octanol–water partition coefficient (Wildman–Crippen LogP) is 5.02. The van der Waals surface area contributed by atoms with Crippen LogP contribution in [-0.4, -0.2) is 32.2 Å². The molecule has 2 N–H and O–H groups in total. The Hall–Kier alpha value is -3.19. The van der Waals surface area contributed by atoms with Crippen LogP contribution < -0.4 is 4.74 Å². The molecule has 0 aliphatic rings. The average molecular weight is 421 g/mol. The van der Waals surface area contributed by atoms with Gasteiger partial charge in [-0.3, -0.25) is 0 Å². The van der Waals surface area contributed by atoms with Crippen molar-refractivity contribution in [3.05, 3.63) is 60.7 Å². The van der Waals surface area contributed by atoms with E-state index in [2.05, 4.69) is 26.0 Å². The number of para-hydroxylation sites is 1. The molecule has 0 saturated carbocycles. The number of H-pyrrole nitrogens is 1. The maximum Gasteiger partial charge on any atom is 0.225 e. The largest absolute Gasteiger partial charge is 0.480 e. The second kappa shape index (κ2) is 9.31. The second-order valence-electron chi connectivity index (χ2n) is 8.01. The smallest absolute Gasteiger partial charge is 0.225 e. The standard InChI is InChI=1S/C24H28N4O3/c1-24(29,23-25-13-14-31-23)12-8-4-3-5-11-21-26-16-20(27-21)18-15-17-9-6-7-10-19(17)28-22(18)30-2/h6-7,9-10,13-16,29H,3-5,8,11-12H2,1-2H3,(H,26,27). The number of aryl methyl sites for hydroxylation is 1. The van der Waals surface area contributed by atoms with Gasteiger partial charge in [0.25, 0.3) is 0 Å². The van der Waals surface area contributed by atoms with Gasteiger partial charge in [0.15, 0.2) is 0 Å². The molecule has 1 unspecified atom stereocenters. The summed E-state index contributed by atoms with van der Waals surface area (Å²) in [6.45, 7) is 1.75. The van der Waals surface area contributed by atoms with Gasteiger partial charge in [0.05, 0.1) is 36.3 Å². The fourth-order valence-corrected chi connectivity index (χ4v) is 3.78. The number of benzene rings is 1. The van der Waals surface area contributed by atoms with E-state index < -0.39 is 5.60 Å². The van der Waals surface area contributed by atoms with Crippen LogP contribution in [0.4, 0.5) is 0 Å². The molecule has 3 aromatic heterocycles. The van der Waals surface area contributed by atoms with Gasteiger partial charge in [-0.1, -0.05) is 37.5 Å². The number of imidazole rings is 1. The first-order chi connectivity index (χ1) is 15.1. The minimum absolute atomic E-state index is 0.384. The fraction of sp³-hybridized carbons (Fsp3) is 0.375. The van der Waals surface area contributed by atoms with Gasteiger partial charge in [0.2, 0.25) is 11.8 Å². The van der Waals surface area contributed by atoms with Crippen LogP contribution in [0.25, 0.3) is 22.2 Å². The van der Waals surface area contributed by atoms with Crippen molar-refractivity contribution in [1.82, 2.24) is 19.9 Å². The monoisotopic (exact) mass is 420 g/mol. The molecule has 7 nitrogen and oxygen atoms in total. The molecule has 0 fully saturated rings. The van der Waals surface area contributed by atoms with Gasteiger partial charge < -0.3 is 19.2 Å². The third-order valence-electron chi connectivity index (χ3n) is 5.52. The maximum absolute atomic E-state index is 10.4. The Bertz CT molecular complexity index is 1120. The summed E-state index contributed by atoms with van der Waals surface area (Å²) in [5.41, 5.74) is 1.72. The summed E-state index contributed by atoms with van der Waals surface area (Å²) in [7, 11) is 1.64. The number of fused-ring (bicyclic) bond motifs is 1. The van der Waals surface area contributed by atoms with E-state index in [0.717, 1.165) is 60.1 Å². The number of nitrogens with zero attached hydrogens (tertiary/aromatic N) is 3. The normalized spacial score (nSPS) is 13.4. The van der Waals surface area contributed by atoms with Gasteiger partial charge in [-0.05, 0) is 31.9 Å². The number of aromatic amines is 1. The van der Waals surface area contributed by atoms with E-state index in [1.165, 1.54) is 6.26 Å². The molecule has 0 bridgehead atoms. The Balaban J connectivity index is 1.29. The molecule has 0 saturated heterocycles. The minimum Gasteiger partial charge on any atom is -0.480 e. The number of hydrogen-bond acceptors (Lipinski definition) is 6. The van der Waals surface area contributed by atoms with Crippen molar-refractivity contribution in [1.29, 1.82) is 0 Å². The van der Waals surface area contributed by atoms with E-state index in [9.17, 15) is 5.11 Å². The summed E-state index contributed by atoms with van der Waals surface area (Å²) < 4.78 is 10.7. The van der Waals surface area contributed by atoms with Crippen molar-refractivity contribution >= 4 is 10.9 Å². The molecule has 3 heterocycles. The van der Waals surface area contributed by atoms with E-state index >= 15 is 0 Å². The Morgan fingerprint density at radius 1 is 1.13 bits per heavy atom. The van der Waals surface area contributed by atoms with Crippen molar-refractivity contribution in [2.24, 2.45) is 0 Å². The van der Waals surface area contributed by atoms with Crippen molar-refractivity contribution in [3.8, 4) is 17.1 Å². The zero-order valence-corrected chi connectivity index (χ0v) is 18.0. The quantitative estimate of drug-likeness (QED) is 0.350. The lowest BCUT2D eigenvalue weighted by Gasteiger charge is -2.18. The highest BCUT2D eigenvalue weighted by molar-refractivity contribution is 5.85. The first-order valence-electron chi connectivity index (χ1n) is 10.7. The van der Waals surface area contributed by atoms with Crippen molar-refractivity contribution in [3.63, 3.8) is 0 Å². The Kier molecular flexibility index (Phi) is 6.32. The number of hydrogen-bond donors (Lipinski definition) is 2. The Labute approximate surface area is 181 Å². The molecule has 0 amide bonds. The number of aliphatic hydroxyl groups is 1. The lowest BCUT2D eigenvalue weighted by Crippen LogP contribution is -2.21. The van der Waals surface area contributed by atoms with Crippen LogP contribution in [0.1, 0.15) is 50.7 Å². The summed E-state index contributed by atoms with van der Waals surface area (Å²) in [6.07, 6.45) is 10.4. The lowest BCUT2D eigenvalue weighted by atomic mass is 9.97. The molecule has 4 aromatic rings. The number of pyridine rings is 1. The van der Waals surface area contributed by atoms with Crippen LogP contribution in [0.15, 0.2) is 53.4 Å². The number of rotatable bonds is 10. The summed E-state index contributed by atoms with van der Waals surface area (Å²) in [5.74, 6) is 1.93. The summed E-state index contributed by atoms with van der Waals surface area (Å²) in [6, 6.07) is 10.1. The van der Waals surface area contributed by atoms with E-state index in [1.54, 1.807) is 20.2 Å². The Morgan fingerprint density at radius 2 is 1.97 bits per heavy atom. The highest BCUT2D eigenvalue weighted by Crippen LogP contribution is 2.30. The highest BCUT2D eigenvalue weighted by atomic mass is 16.5. The van der Waals surface area contributed by atoms with Crippen molar-refractivity contribution in [2.75, 3.05) is 7.11 Å². The van der Waals surface area contributed by atoms with E-state index in [1.807, 2.05) is 30.5 Å². The van der Waals surface area contributed by atoms with Crippen molar-refractivity contribution in [2.45, 2.75) is 51.0 Å². The van der Waals surface area contributed by atoms with Gasteiger partial charge >= 0.3 is 0 Å². The molecular formula is C24H28N4O3. The van der Waals surface area contributed by atoms with Crippen LogP contribution in [0.3, 0.4) is 0 Å². The van der Waals surface area contributed by atoms with E-state index in [-0.39, 0.29) is 0 Å². The maximum atomic E-state index is 10.4. The number of unbranched alkanes of at least 4 members (excludes halogenated alkanes) is 3. The van der Waals surface area contributed by atoms with Crippen LogP contribution in [0.2, 0.25) is 0 Å². The average Bonchev–Trinajstić information content (AvgIpc) is 3.48. The molecule has 31 heavy (non-hydrogen) atoms. The van der Waals surface area contributed by atoms with Gasteiger partial charge in [0.1, 0.15) is 17.7 Å². The Morgan fingerprint density at radius 3 is 2.77 bits per heavy atom. The summed E-state index contributed by atoms with van der Waals surface area (Å²) in [5, 5.41) is 11.5. The summed E-state index contributed by atoms with van der Waals surface area (Å²) in [4.78, 5) is 16.6. The van der Waals surface area contributed by atoms with Gasteiger partial charge in [-0.15, -0.1) is 0 Å². The predicted molar refractivity (Wildman–Crippen MR) is 119 cm³/mol. The molecule has 4 rings (SSSR count). The van der Waals surface area contributed by atoms with Crippen LogP contribution >= 0.6 is 0 Å². The highest BCUT2D eigenvalue weighted by Gasteiger charge is 2.27. The zero-order chi connectivity index (χ0) is 21.7. The number of nitrogens with one attached hydrogen (secondary N) is 1. The second-order valence-corrected chi connectivity index (χ2v) is 8.01. The van der Waals surface area contributed by atoms with Crippen LogP contribution in [0.5, 0.6) is 5.88 Å². The van der Waals surface area contributed by atoms with Gasteiger partial charge in [-0.2, -0.15) is 0 Å². The number of ether oxygens (including phenoxy) is 1. The molecular weight excluding hydrogens is 392 g/mol. The molecule has 0 aliphatic carbocycles. The van der Waals surface area contributed by atoms with E-state index in [4.69, 9.17) is 9.15 Å². The molecule has 0 radical (unpaired) electrons. The first-order valence-corrected chi connectivity index (χ1v) is 10.7. The molecule has 0 spiro atoms. The molecule has 0 aliphatic heterocycles. The lowest BCUT2D eigenvalue weighted by molar-refractivity contribution is 0.0173. The first kappa shape index (κ1) is 21.1. The molecule has 1 aromatic carbocycles. The van der Waals surface area contributed by atoms with Gasteiger partial charge in [-0.25, -0.2) is 15.0 Å². The zero-order valence-electron chi connectivity index (χ0n) is 18.0. The number of oxazole rings is 1. The van der Waals surface area contributed by atoms with Crippen molar-refractivity contribution < 1.29 is 14.3 Å². The molecule has 162 valence electrons. The van der Waals surface area contributed by atoms with E-state index in [0.29, 0.717) is 18.2 Å². The molecule has 7 heteroatoms. The number of methoxy groups -OCH3 is 1. The third-order valence-corrected chi connectivity index (χ3v) is 5.52. The molecule has 1 atom stereocenters.